The van der Waals surface area contributed by atoms with Gasteiger partial charge in [0, 0.05) is 4.75 Å². The molecule has 1 aliphatic heterocycles. The van der Waals surface area contributed by atoms with Gasteiger partial charge in [0.1, 0.15) is 12.6 Å². The Labute approximate surface area is 175 Å². The van der Waals surface area contributed by atoms with Gasteiger partial charge in [-0.2, -0.15) is 0 Å². The number of nitrogens with one attached hydrogen (secondary N) is 1. The fourth-order valence-electron chi connectivity index (χ4n) is 1.72. The summed E-state index contributed by atoms with van der Waals surface area (Å²) in [7, 11) is 0. The molecule has 0 aromatic carbocycles. The number of hydroxylamine groups is 1. The first kappa shape index (κ1) is 24.1. The molecule has 1 fully saturated rings. The van der Waals surface area contributed by atoms with Gasteiger partial charge in [0.25, 0.3) is 0 Å². The predicted molar refractivity (Wildman–Crippen MR) is 101 cm³/mol. The molecule has 27 heavy (non-hydrogen) atoms. The first-order valence-corrected chi connectivity index (χ1v) is 9.69. The number of cyclic esters (lactones) is 1. The lowest BCUT2D eigenvalue weighted by atomic mass is 10.3. The first-order chi connectivity index (χ1) is 12.2. The van der Waals surface area contributed by atoms with E-state index < -0.39 is 44.2 Å². The number of ether oxygens (including phenoxy) is 1. The molecule has 1 heterocycles. The Morgan fingerprint density at radius 3 is 2.37 bits per heavy atom. The highest BCUT2D eigenvalue weighted by Gasteiger charge is 2.36. The minimum absolute atomic E-state index is 0.0136. The van der Waals surface area contributed by atoms with Gasteiger partial charge in [-0.3, -0.25) is 9.59 Å². The van der Waals surface area contributed by atoms with E-state index in [1.165, 1.54) is 6.92 Å². The number of carbonyl (C=O) groups is 4. The Balaban J connectivity index is 2.90. The highest BCUT2D eigenvalue weighted by atomic mass is 35.6. The summed E-state index contributed by atoms with van der Waals surface area (Å²) in [6.07, 6.45) is -1.48. The van der Waals surface area contributed by atoms with E-state index in [1.807, 2.05) is 20.8 Å². The summed E-state index contributed by atoms with van der Waals surface area (Å²) in [6.45, 7) is 6.92. The molecule has 0 unspecified atom stereocenters. The smallest absolute Gasteiger partial charge is 0.418 e. The van der Waals surface area contributed by atoms with E-state index in [4.69, 9.17) is 39.6 Å². The van der Waals surface area contributed by atoms with E-state index in [9.17, 15) is 19.2 Å². The summed E-state index contributed by atoms with van der Waals surface area (Å²) < 4.78 is 2.33. The van der Waals surface area contributed by atoms with Crippen molar-refractivity contribution in [2.45, 2.75) is 48.7 Å². The molecule has 0 radical (unpaired) electrons. The Morgan fingerprint density at radius 1 is 1.33 bits per heavy atom. The van der Waals surface area contributed by atoms with Crippen LogP contribution in [0.1, 0.15) is 34.1 Å². The van der Waals surface area contributed by atoms with Crippen molar-refractivity contribution in [3.63, 3.8) is 0 Å². The second-order valence-corrected chi connectivity index (χ2v) is 10.8. The third-order valence-electron chi connectivity index (χ3n) is 2.86. The third kappa shape index (κ3) is 8.73. The summed E-state index contributed by atoms with van der Waals surface area (Å²) in [5, 5.41) is 0.238. The molecule has 1 rings (SSSR count). The lowest BCUT2D eigenvalue weighted by Crippen LogP contribution is -2.55. The van der Waals surface area contributed by atoms with E-state index in [0.29, 0.717) is 5.17 Å². The largest absolute Gasteiger partial charge is 0.447 e. The summed E-state index contributed by atoms with van der Waals surface area (Å²) in [5.41, 5.74) is 2.19. The van der Waals surface area contributed by atoms with Crippen molar-refractivity contribution in [1.82, 2.24) is 15.5 Å². The van der Waals surface area contributed by atoms with Crippen LogP contribution in [0.3, 0.4) is 0 Å². The normalized spacial score (nSPS) is 16.1. The molecular weight excluding hydrogens is 445 g/mol. The lowest BCUT2D eigenvalue weighted by molar-refractivity contribution is -0.211. The van der Waals surface area contributed by atoms with Gasteiger partial charge >= 0.3 is 18.1 Å². The average Bonchev–Trinajstić information content (AvgIpc) is 2.88. The molecule has 0 aromatic heterocycles. The minimum atomic E-state index is -1.92. The molecule has 0 saturated carbocycles. The van der Waals surface area contributed by atoms with Crippen LogP contribution in [0.15, 0.2) is 0 Å². The van der Waals surface area contributed by atoms with Crippen LogP contribution in [0.25, 0.3) is 0 Å². The Morgan fingerprint density at radius 2 is 1.93 bits per heavy atom. The molecule has 1 aliphatic rings. The van der Waals surface area contributed by atoms with Gasteiger partial charge in [0.15, 0.2) is 0 Å². The maximum absolute atomic E-state index is 12.4. The molecule has 0 aliphatic carbocycles. The van der Waals surface area contributed by atoms with Crippen molar-refractivity contribution in [3.8, 4) is 0 Å². The summed E-state index contributed by atoms with van der Waals surface area (Å²) >= 11 is 17.6. The zero-order valence-corrected chi connectivity index (χ0v) is 18.2. The molecule has 0 spiro atoms. The van der Waals surface area contributed by atoms with Crippen LogP contribution in [-0.2, 0) is 19.2 Å². The van der Waals surface area contributed by atoms with Crippen LogP contribution in [0, 0.1) is 0 Å². The van der Waals surface area contributed by atoms with E-state index in [-0.39, 0.29) is 13.2 Å². The minimum Gasteiger partial charge on any atom is -0.447 e. The van der Waals surface area contributed by atoms with E-state index in [2.05, 4.69) is 10.2 Å². The topological polar surface area (TPSA) is 105 Å². The number of amides is 3. The lowest BCUT2D eigenvalue weighted by Gasteiger charge is -2.29. The standard InChI is InChI=1S/C14H20Cl3N3O6S/c1-8(10(22)27-13(2,3)4)20(26-9(21)7-14(15,16)17)18-11(23)19-5-6-25-12(19)24/h8H,5-7H2,1-4H3,(H,18,23)/t8-/m0/s1. The third-order valence-corrected chi connectivity index (χ3v) is 4.41. The number of hydrogen-bond donors (Lipinski definition) is 1. The SMILES string of the molecule is C[C@@H](C(=O)SC(C)(C)C)N(NC(=O)N1CCOC1=O)OC(=O)CC(Cl)(Cl)Cl. The molecular formula is C14H20Cl3N3O6S. The van der Waals surface area contributed by atoms with Crippen LogP contribution in [-0.4, -0.2) is 61.0 Å². The van der Waals surface area contributed by atoms with Crippen molar-refractivity contribution in [2.75, 3.05) is 13.2 Å². The number of carbonyl (C=O) groups excluding carboxylic acids is 4. The maximum Gasteiger partial charge on any atom is 0.418 e. The monoisotopic (exact) mass is 463 g/mol. The molecule has 9 nitrogen and oxygen atoms in total. The maximum atomic E-state index is 12.4. The number of alkyl halides is 3. The Bertz CT molecular complexity index is 608. The molecule has 0 aromatic rings. The highest BCUT2D eigenvalue weighted by Crippen LogP contribution is 2.31. The number of halogens is 3. The number of imide groups is 1. The van der Waals surface area contributed by atoms with Crippen molar-refractivity contribution < 1.29 is 28.8 Å². The zero-order chi connectivity index (χ0) is 21.0. The van der Waals surface area contributed by atoms with E-state index >= 15 is 0 Å². The van der Waals surface area contributed by atoms with Crippen LogP contribution in [0.2, 0.25) is 0 Å². The van der Waals surface area contributed by atoms with Gasteiger partial charge in [0.05, 0.1) is 13.0 Å². The van der Waals surface area contributed by atoms with Gasteiger partial charge in [-0.15, -0.1) is 0 Å². The molecule has 0 bridgehead atoms. The van der Waals surface area contributed by atoms with E-state index in [1.54, 1.807) is 0 Å². The van der Waals surface area contributed by atoms with Crippen molar-refractivity contribution in [2.24, 2.45) is 0 Å². The van der Waals surface area contributed by atoms with E-state index in [0.717, 1.165) is 16.7 Å². The van der Waals surface area contributed by atoms with Crippen LogP contribution in [0.4, 0.5) is 9.59 Å². The first-order valence-electron chi connectivity index (χ1n) is 7.74. The van der Waals surface area contributed by atoms with Crippen molar-refractivity contribution >= 4 is 69.8 Å². The van der Waals surface area contributed by atoms with Gasteiger partial charge in [-0.1, -0.05) is 67.3 Å². The van der Waals surface area contributed by atoms with Gasteiger partial charge < -0.3 is 9.57 Å². The molecule has 1 atom stereocenters. The summed E-state index contributed by atoms with van der Waals surface area (Å²) in [5.74, 6) is -1.00. The number of urea groups is 1. The van der Waals surface area contributed by atoms with Crippen molar-refractivity contribution in [1.29, 1.82) is 0 Å². The molecule has 3 amide bonds. The molecule has 154 valence electrons. The highest BCUT2D eigenvalue weighted by molar-refractivity contribution is 8.14. The second-order valence-electron chi connectivity index (χ2n) is 6.47. The number of rotatable bonds is 5. The number of hydrazine groups is 1. The number of thioether (sulfide) groups is 1. The molecule has 1 N–H and O–H groups in total. The fraction of sp³-hybridized carbons (Fsp3) is 0.714. The van der Waals surface area contributed by atoms with Gasteiger partial charge in [-0.05, 0) is 12.1 Å². The predicted octanol–water partition coefficient (Wildman–Crippen LogP) is 3.03. The van der Waals surface area contributed by atoms with Crippen LogP contribution < -0.4 is 5.43 Å². The summed E-state index contributed by atoms with van der Waals surface area (Å²) in [6, 6.07) is -2.02. The average molecular weight is 465 g/mol. The number of nitrogens with zero attached hydrogens (tertiary/aromatic N) is 2. The molecule has 13 heteroatoms. The van der Waals surface area contributed by atoms with Gasteiger partial charge in [0.2, 0.25) is 8.91 Å². The number of hydrogen-bond acceptors (Lipinski definition) is 8. The van der Waals surface area contributed by atoms with Gasteiger partial charge in [-0.25, -0.2) is 19.9 Å². The Hall–Kier alpha value is -0.940. The summed E-state index contributed by atoms with van der Waals surface area (Å²) in [4.78, 5) is 53.8. The van der Waals surface area contributed by atoms with Crippen molar-refractivity contribution in [3.05, 3.63) is 0 Å². The quantitative estimate of drug-likeness (QED) is 0.489. The Kier molecular flexibility index (Phi) is 8.49. The zero-order valence-electron chi connectivity index (χ0n) is 15.1. The fourth-order valence-corrected chi connectivity index (χ4v) is 2.92. The second kappa shape index (κ2) is 9.51. The van der Waals surface area contributed by atoms with Crippen LogP contribution in [0.5, 0.6) is 0 Å². The molecule has 1 saturated heterocycles. The van der Waals surface area contributed by atoms with Crippen LogP contribution >= 0.6 is 46.6 Å².